The van der Waals surface area contributed by atoms with Crippen LogP contribution in [0.3, 0.4) is 0 Å². The van der Waals surface area contributed by atoms with Gasteiger partial charge in [0.05, 0.1) is 6.54 Å². The molecule has 2 atom stereocenters. The Bertz CT molecular complexity index is 720. The fraction of sp³-hybridized carbons (Fsp3) is 0.500. The maximum atomic E-state index is 12.6. The second-order valence-electron chi connectivity index (χ2n) is 6.86. The minimum absolute atomic E-state index is 0.124. The summed E-state index contributed by atoms with van der Waals surface area (Å²) in [4.78, 5) is 14.4. The van der Waals surface area contributed by atoms with Crippen LogP contribution in [0.15, 0.2) is 30.3 Å². The van der Waals surface area contributed by atoms with Gasteiger partial charge in [0, 0.05) is 25.9 Å². The number of carbonyl (C=O) groups is 1. The molecule has 2 aliphatic rings. The Morgan fingerprint density at radius 3 is 2.70 bits per heavy atom. The summed E-state index contributed by atoms with van der Waals surface area (Å²) in [6, 6.07) is 10.3. The second-order valence-corrected chi connectivity index (χ2v) is 6.86. The molecule has 0 spiro atoms. The molecular weight excluding hydrogens is 288 g/mol. The number of hydrogen-bond acceptors (Lipinski definition) is 3. The fourth-order valence-corrected chi connectivity index (χ4v) is 3.32. The zero-order valence-electron chi connectivity index (χ0n) is 13.6. The van der Waals surface area contributed by atoms with E-state index in [1.54, 1.807) is 4.90 Å². The lowest BCUT2D eigenvalue weighted by Crippen LogP contribution is -2.29. The minimum Gasteiger partial charge on any atom is -0.338 e. The lowest BCUT2D eigenvalue weighted by molar-refractivity contribution is -0.132. The van der Waals surface area contributed by atoms with E-state index in [0.29, 0.717) is 18.4 Å². The highest BCUT2D eigenvalue weighted by Gasteiger charge is 2.45. The van der Waals surface area contributed by atoms with Crippen molar-refractivity contribution in [2.45, 2.75) is 37.6 Å². The molecule has 1 amide bonds. The summed E-state index contributed by atoms with van der Waals surface area (Å²) in [7, 11) is 3.87. The van der Waals surface area contributed by atoms with E-state index in [1.165, 1.54) is 18.4 Å². The Balaban J connectivity index is 1.40. The van der Waals surface area contributed by atoms with Crippen LogP contribution in [0, 0.1) is 5.92 Å². The quantitative estimate of drug-likeness (QED) is 0.852. The van der Waals surface area contributed by atoms with Gasteiger partial charge < -0.3 is 9.47 Å². The van der Waals surface area contributed by atoms with Crippen molar-refractivity contribution in [3.05, 3.63) is 47.5 Å². The molecule has 5 nitrogen and oxygen atoms in total. The third kappa shape index (κ3) is 2.76. The van der Waals surface area contributed by atoms with Crippen molar-refractivity contribution >= 4 is 5.91 Å². The van der Waals surface area contributed by atoms with Crippen molar-refractivity contribution in [1.82, 2.24) is 19.7 Å². The molecular formula is C18H22N4O. The first-order valence-corrected chi connectivity index (χ1v) is 8.33. The van der Waals surface area contributed by atoms with Crippen LogP contribution in [0.4, 0.5) is 0 Å². The van der Waals surface area contributed by atoms with Gasteiger partial charge in [0.2, 0.25) is 5.91 Å². The molecule has 0 N–H and O–H groups in total. The van der Waals surface area contributed by atoms with E-state index < -0.39 is 0 Å². The number of aromatic nitrogens is 3. The van der Waals surface area contributed by atoms with Gasteiger partial charge in [-0.05, 0) is 30.7 Å². The first-order valence-electron chi connectivity index (χ1n) is 8.33. The van der Waals surface area contributed by atoms with E-state index in [9.17, 15) is 4.79 Å². The third-order valence-corrected chi connectivity index (χ3v) is 5.03. The van der Waals surface area contributed by atoms with Crippen LogP contribution in [0.2, 0.25) is 0 Å². The molecule has 2 fully saturated rings. The Labute approximate surface area is 136 Å². The van der Waals surface area contributed by atoms with Crippen molar-refractivity contribution in [3.63, 3.8) is 0 Å². The van der Waals surface area contributed by atoms with E-state index >= 15 is 0 Å². The lowest BCUT2D eigenvalue weighted by Gasteiger charge is -2.17. The zero-order valence-corrected chi connectivity index (χ0v) is 13.6. The van der Waals surface area contributed by atoms with E-state index in [-0.39, 0.29) is 11.8 Å². The highest BCUT2D eigenvalue weighted by atomic mass is 16.2. The largest absolute Gasteiger partial charge is 0.338 e. The summed E-state index contributed by atoms with van der Waals surface area (Å²) in [6.07, 6.45) is 3.38. The normalized spacial score (nSPS) is 22.9. The van der Waals surface area contributed by atoms with Gasteiger partial charge in [-0.2, -0.15) is 0 Å². The molecule has 0 saturated heterocycles. The van der Waals surface area contributed by atoms with Crippen molar-refractivity contribution in [2.24, 2.45) is 13.0 Å². The molecule has 0 radical (unpaired) electrons. The van der Waals surface area contributed by atoms with Crippen molar-refractivity contribution in [3.8, 4) is 0 Å². The smallest absolute Gasteiger partial charge is 0.226 e. The fourth-order valence-electron chi connectivity index (χ4n) is 3.32. The highest BCUT2D eigenvalue weighted by Crippen LogP contribution is 2.48. The Kier molecular flexibility index (Phi) is 3.43. The Morgan fingerprint density at radius 2 is 2.00 bits per heavy atom. The molecule has 1 aromatic carbocycles. The molecule has 23 heavy (non-hydrogen) atoms. The van der Waals surface area contributed by atoms with Crippen LogP contribution in [0.1, 0.15) is 48.3 Å². The summed E-state index contributed by atoms with van der Waals surface area (Å²) >= 11 is 0. The monoisotopic (exact) mass is 310 g/mol. The van der Waals surface area contributed by atoms with Gasteiger partial charge in [0.1, 0.15) is 5.82 Å². The molecule has 0 unspecified atom stereocenters. The molecule has 120 valence electrons. The number of benzene rings is 1. The summed E-state index contributed by atoms with van der Waals surface area (Å²) in [6.45, 7) is 0.535. The van der Waals surface area contributed by atoms with Crippen LogP contribution in [-0.4, -0.2) is 32.6 Å². The molecule has 2 aliphatic carbocycles. The van der Waals surface area contributed by atoms with E-state index in [2.05, 4.69) is 26.9 Å². The van der Waals surface area contributed by atoms with Crippen molar-refractivity contribution in [1.29, 1.82) is 0 Å². The van der Waals surface area contributed by atoms with Crippen LogP contribution in [-0.2, 0) is 18.4 Å². The van der Waals surface area contributed by atoms with Gasteiger partial charge in [-0.25, -0.2) is 0 Å². The Hall–Kier alpha value is -2.17. The molecule has 0 aliphatic heterocycles. The Morgan fingerprint density at radius 1 is 1.26 bits per heavy atom. The maximum Gasteiger partial charge on any atom is 0.226 e. The van der Waals surface area contributed by atoms with Crippen molar-refractivity contribution < 1.29 is 4.79 Å². The van der Waals surface area contributed by atoms with Crippen LogP contribution in [0.5, 0.6) is 0 Å². The van der Waals surface area contributed by atoms with Gasteiger partial charge in [-0.3, -0.25) is 4.79 Å². The van der Waals surface area contributed by atoms with Crippen LogP contribution in [0.25, 0.3) is 0 Å². The molecule has 0 bridgehead atoms. The molecule has 5 heteroatoms. The number of nitrogens with zero attached hydrogens (tertiary/aromatic N) is 4. The minimum atomic E-state index is 0.124. The molecule has 1 aromatic heterocycles. The van der Waals surface area contributed by atoms with Crippen LogP contribution >= 0.6 is 0 Å². The SMILES string of the molecule is CN(Cc1nnc(C2CC2)n1C)C(=O)[C@@H]1C[C@@H]1c1ccccc1. The molecule has 2 aromatic rings. The average molecular weight is 310 g/mol. The molecule has 2 saturated carbocycles. The van der Waals surface area contributed by atoms with Gasteiger partial charge in [-0.1, -0.05) is 30.3 Å². The first kappa shape index (κ1) is 14.4. The predicted octanol–water partition coefficient (Wildman–Crippen LogP) is 2.45. The van der Waals surface area contributed by atoms with Gasteiger partial charge >= 0.3 is 0 Å². The number of rotatable bonds is 5. The van der Waals surface area contributed by atoms with E-state index in [0.717, 1.165) is 18.1 Å². The number of hydrogen-bond donors (Lipinski definition) is 0. The molecule has 4 rings (SSSR count). The maximum absolute atomic E-state index is 12.6. The summed E-state index contributed by atoms with van der Waals surface area (Å²) < 4.78 is 2.06. The van der Waals surface area contributed by atoms with Gasteiger partial charge in [0.15, 0.2) is 5.82 Å². The zero-order chi connectivity index (χ0) is 16.0. The van der Waals surface area contributed by atoms with Gasteiger partial charge in [0.25, 0.3) is 0 Å². The summed E-state index contributed by atoms with van der Waals surface area (Å²) in [5.41, 5.74) is 1.27. The topological polar surface area (TPSA) is 51.0 Å². The predicted molar refractivity (Wildman–Crippen MR) is 86.7 cm³/mol. The van der Waals surface area contributed by atoms with E-state index in [1.807, 2.05) is 32.3 Å². The average Bonchev–Trinajstić information content (AvgIpc) is 3.48. The number of carbonyl (C=O) groups excluding carboxylic acids is 1. The van der Waals surface area contributed by atoms with Crippen LogP contribution < -0.4 is 0 Å². The first-order chi connectivity index (χ1) is 11.1. The van der Waals surface area contributed by atoms with Gasteiger partial charge in [-0.15, -0.1) is 10.2 Å². The van der Waals surface area contributed by atoms with Crippen molar-refractivity contribution in [2.75, 3.05) is 7.05 Å². The van der Waals surface area contributed by atoms with E-state index in [4.69, 9.17) is 0 Å². The lowest BCUT2D eigenvalue weighted by atomic mass is 10.1. The molecule has 1 heterocycles. The second kappa shape index (κ2) is 5.48. The third-order valence-electron chi connectivity index (χ3n) is 5.03. The standard InChI is InChI=1S/C18H22N4O/c1-21(11-16-19-20-17(22(16)2)13-8-9-13)18(23)15-10-14(15)12-6-4-3-5-7-12/h3-7,13-15H,8-11H2,1-2H3/t14-,15-/m1/s1. The highest BCUT2D eigenvalue weighted by molar-refractivity contribution is 5.82. The summed E-state index contributed by atoms with van der Waals surface area (Å²) in [5.74, 6) is 3.24. The summed E-state index contributed by atoms with van der Waals surface area (Å²) in [5, 5.41) is 8.56. The number of amides is 1.